The van der Waals surface area contributed by atoms with Gasteiger partial charge < -0.3 is 5.32 Å². The molecular weight excluding hydrogens is 322 g/mol. The molecule has 124 valence electrons. The average Bonchev–Trinajstić information content (AvgIpc) is 3.18. The first-order valence-corrected chi connectivity index (χ1v) is 9.06. The topological polar surface area (TPSA) is 72.7 Å². The molecule has 0 radical (unpaired) electrons. The number of nitrogens with one attached hydrogen (secondary N) is 1. The monoisotopic (exact) mass is 341 g/mol. The lowest BCUT2D eigenvalue weighted by Crippen LogP contribution is -2.25. The summed E-state index contributed by atoms with van der Waals surface area (Å²) in [5.74, 6) is -0.105. The Bertz CT molecular complexity index is 874. The van der Waals surface area contributed by atoms with Crippen LogP contribution in [0.2, 0.25) is 0 Å². The highest BCUT2D eigenvalue weighted by molar-refractivity contribution is 7.11. The van der Waals surface area contributed by atoms with Crippen LogP contribution in [0.5, 0.6) is 0 Å². The molecule has 0 fully saturated rings. The van der Waals surface area contributed by atoms with Gasteiger partial charge in [-0.3, -0.25) is 14.5 Å². The van der Waals surface area contributed by atoms with Gasteiger partial charge in [-0.2, -0.15) is 5.10 Å². The number of carbonyl (C=O) groups excluding carboxylic acids is 1. The number of pyridine rings is 1. The maximum atomic E-state index is 12.3. The van der Waals surface area contributed by atoms with Crippen LogP contribution in [0.4, 0.5) is 0 Å². The lowest BCUT2D eigenvalue weighted by atomic mass is 10.0. The average molecular weight is 341 g/mol. The summed E-state index contributed by atoms with van der Waals surface area (Å²) >= 11 is 1.80. The van der Waals surface area contributed by atoms with Gasteiger partial charge >= 0.3 is 0 Å². The fourth-order valence-electron chi connectivity index (χ4n) is 3.05. The van der Waals surface area contributed by atoms with Crippen LogP contribution in [0.1, 0.15) is 38.8 Å². The molecule has 3 heterocycles. The van der Waals surface area contributed by atoms with Gasteiger partial charge in [-0.1, -0.05) is 0 Å². The summed E-state index contributed by atoms with van der Waals surface area (Å²) in [6.07, 6.45) is 8.86. The van der Waals surface area contributed by atoms with E-state index in [1.807, 2.05) is 13.1 Å². The number of hydrogen-bond donors (Lipinski definition) is 1. The van der Waals surface area contributed by atoms with Gasteiger partial charge in [0.15, 0.2) is 0 Å². The quantitative estimate of drug-likeness (QED) is 0.790. The first-order chi connectivity index (χ1) is 11.7. The lowest BCUT2D eigenvalue weighted by Gasteiger charge is -2.06. The number of rotatable bonds is 4. The number of aromatic nitrogens is 4. The SMILES string of the molecule is Cn1ncc2ncc(C(=O)NCCc3nc4c(s3)CCCC4)cc21. The maximum absolute atomic E-state index is 12.3. The summed E-state index contributed by atoms with van der Waals surface area (Å²) in [7, 11) is 1.84. The number of hydrogen-bond acceptors (Lipinski definition) is 5. The van der Waals surface area contributed by atoms with Crippen LogP contribution < -0.4 is 5.32 Å². The Morgan fingerprint density at radius 2 is 2.21 bits per heavy atom. The van der Waals surface area contributed by atoms with E-state index in [-0.39, 0.29) is 5.91 Å². The van der Waals surface area contributed by atoms with E-state index in [4.69, 9.17) is 4.98 Å². The van der Waals surface area contributed by atoms with Crippen LogP contribution in [0.25, 0.3) is 11.0 Å². The van der Waals surface area contributed by atoms with E-state index in [0.717, 1.165) is 35.3 Å². The molecule has 0 aliphatic heterocycles. The van der Waals surface area contributed by atoms with Crippen molar-refractivity contribution in [1.82, 2.24) is 25.1 Å². The third-order valence-electron chi connectivity index (χ3n) is 4.38. The second kappa shape index (κ2) is 6.32. The van der Waals surface area contributed by atoms with Crippen LogP contribution in [-0.2, 0) is 26.3 Å². The van der Waals surface area contributed by atoms with Gasteiger partial charge in [0.2, 0.25) is 0 Å². The summed E-state index contributed by atoms with van der Waals surface area (Å²) in [6, 6.07) is 1.83. The Labute approximate surface area is 143 Å². The first kappa shape index (κ1) is 15.3. The zero-order valence-electron chi connectivity index (χ0n) is 13.6. The van der Waals surface area contributed by atoms with Gasteiger partial charge in [-0.05, 0) is 31.7 Å². The fraction of sp³-hybridized carbons (Fsp3) is 0.412. The molecule has 0 atom stereocenters. The molecule has 6 nitrogen and oxygen atoms in total. The first-order valence-electron chi connectivity index (χ1n) is 8.24. The molecule has 1 N–H and O–H groups in total. The lowest BCUT2D eigenvalue weighted by molar-refractivity contribution is 0.0954. The summed E-state index contributed by atoms with van der Waals surface area (Å²) in [6.45, 7) is 0.592. The van der Waals surface area contributed by atoms with Gasteiger partial charge in [0, 0.05) is 31.1 Å². The second-order valence-corrected chi connectivity index (χ2v) is 7.26. The van der Waals surface area contributed by atoms with Gasteiger partial charge in [0.05, 0.1) is 28.0 Å². The van der Waals surface area contributed by atoms with Crippen LogP contribution in [0.3, 0.4) is 0 Å². The van der Waals surface area contributed by atoms with Crippen molar-refractivity contribution in [3.05, 3.63) is 39.6 Å². The van der Waals surface area contributed by atoms with Crippen molar-refractivity contribution in [3.8, 4) is 0 Å². The highest BCUT2D eigenvalue weighted by atomic mass is 32.1. The number of amides is 1. The molecule has 1 aliphatic carbocycles. The molecule has 0 bridgehead atoms. The number of fused-ring (bicyclic) bond motifs is 2. The van der Waals surface area contributed by atoms with Crippen molar-refractivity contribution in [2.75, 3.05) is 6.54 Å². The minimum atomic E-state index is -0.105. The third-order valence-corrected chi connectivity index (χ3v) is 5.59. The van der Waals surface area contributed by atoms with E-state index in [1.165, 1.54) is 23.4 Å². The van der Waals surface area contributed by atoms with E-state index >= 15 is 0 Å². The van der Waals surface area contributed by atoms with Gasteiger partial charge in [0.1, 0.15) is 5.52 Å². The normalized spacial score (nSPS) is 13.9. The van der Waals surface area contributed by atoms with Crippen molar-refractivity contribution in [1.29, 1.82) is 0 Å². The fourth-order valence-corrected chi connectivity index (χ4v) is 4.20. The molecule has 0 spiro atoms. The molecule has 0 unspecified atom stereocenters. The van der Waals surface area contributed by atoms with Crippen molar-refractivity contribution >= 4 is 28.3 Å². The molecule has 1 aliphatic rings. The van der Waals surface area contributed by atoms with Gasteiger partial charge in [-0.25, -0.2) is 4.98 Å². The van der Waals surface area contributed by atoms with Gasteiger partial charge in [-0.15, -0.1) is 11.3 Å². The molecule has 1 amide bonds. The third kappa shape index (κ3) is 2.91. The Kier molecular flexibility index (Phi) is 4.02. The summed E-state index contributed by atoms with van der Waals surface area (Å²) in [5.41, 5.74) is 3.49. The summed E-state index contributed by atoms with van der Waals surface area (Å²) in [4.78, 5) is 22.7. The molecule has 4 rings (SSSR count). The summed E-state index contributed by atoms with van der Waals surface area (Å²) in [5, 5.41) is 8.23. The predicted octanol–water partition coefficient (Wildman–Crippen LogP) is 2.28. The van der Waals surface area contributed by atoms with Gasteiger partial charge in [0.25, 0.3) is 5.91 Å². The Morgan fingerprint density at radius 1 is 1.33 bits per heavy atom. The van der Waals surface area contributed by atoms with Crippen LogP contribution in [-0.4, -0.2) is 32.2 Å². The van der Waals surface area contributed by atoms with E-state index in [1.54, 1.807) is 28.4 Å². The van der Waals surface area contributed by atoms with Crippen LogP contribution in [0, 0.1) is 0 Å². The van der Waals surface area contributed by atoms with Crippen molar-refractivity contribution < 1.29 is 4.79 Å². The van der Waals surface area contributed by atoms with E-state index < -0.39 is 0 Å². The molecule has 24 heavy (non-hydrogen) atoms. The molecule has 7 heteroatoms. The molecule has 3 aromatic heterocycles. The summed E-state index contributed by atoms with van der Waals surface area (Å²) < 4.78 is 1.72. The van der Waals surface area contributed by atoms with Crippen molar-refractivity contribution in [2.45, 2.75) is 32.1 Å². The second-order valence-electron chi connectivity index (χ2n) is 6.09. The Balaban J connectivity index is 1.38. The van der Waals surface area contributed by atoms with E-state index in [2.05, 4.69) is 15.4 Å². The highest BCUT2D eigenvalue weighted by Crippen LogP contribution is 2.26. The largest absolute Gasteiger partial charge is 0.352 e. The van der Waals surface area contributed by atoms with Crippen LogP contribution in [0.15, 0.2) is 18.5 Å². The smallest absolute Gasteiger partial charge is 0.252 e. The number of carbonyl (C=O) groups is 1. The van der Waals surface area contributed by atoms with E-state index in [0.29, 0.717) is 12.1 Å². The number of aryl methyl sites for hydroxylation is 3. The molecular formula is C17H19N5OS. The van der Waals surface area contributed by atoms with E-state index in [9.17, 15) is 4.79 Å². The molecule has 0 saturated heterocycles. The molecule has 0 aromatic carbocycles. The predicted molar refractivity (Wildman–Crippen MR) is 93.3 cm³/mol. The van der Waals surface area contributed by atoms with Crippen molar-refractivity contribution in [3.63, 3.8) is 0 Å². The zero-order chi connectivity index (χ0) is 16.5. The minimum Gasteiger partial charge on any atom is -0.352 e. The zero-order valence-corrected chi connectivity index (χ0v) is 14.4. The van der Waals surface area contributed by atoms with Crippen molar-refractivity contribution in [2.24, 2.45) is 7.05 Å². The Hall–Kier alpha value is -2.28. The molecule has 0 saturated carbocycles. The Morgan fingerprint density at radius 3 is 3.08 bits per heavy atom. The van der Waals surface area contributed by atoms with Crippen LogP contribution >= 0.6 is 11.3 Å². The number of thiazole rings is 1. The molecule has 3 aromatic rings. The standard InChI is InChI=1S/C17H19N5OS/c1-22-14-8-11(9-19-13(14)10-20-22)17(23)18-7-6-16-21-12-4-2-3-5-15(12)24-16/h8-10H,2-7H2,1H3,(H,18,23). The highest BCUT2D eigenvalue weighted by Gasteiger charge is 2.15. The minimum absolute atomic E-state index is 0.105. The number of nitrogens with zero attached hydrogens (tertiary/aromatic N) is 4. The maximum Gasteiger partial charge on any atom is 0.252 e.